The van der Waals surface area contributed by atoms with Gasteiger partial charge in [0, 0.05) is 57.4 Å². The van der Waals surface area contributed by atoms with Crippen molar-refractivity contribution in [1.29, 1.82) is 0 Å². The maximum absolute atomic E-state index is 13.7. The molecule has 2 fully saturated rings. The lowest BCUT2D eigenvalue weighted by molar-refractivity contribution is -0.205. The second kappa shape index (κ2) is 24.6. The average Bonchev–Trinajstić information content (AvgIpc) is 3.20. The second-order valence-corrected chi connectivity index (χ2v) is 18.7. The molecular weight excluding hydrogens is 747 g/mol. The van der Waals surface area contributed by atoms with E-state index in [1.807, 2.05) is 52.0 Å². The van der Waals surface area contributed by atoms with Gasteiger partial charge in [0.1, 0.15) is 11.9 Å². The number of carbonyl (C=O) groups is 4. The summed E-state index contributed by atoms with van der Waals surface area (Å²) in [6.07, 6.45) is 21.3. The Morgan fingerprint density at radius 2 is 1.53 bits per heavy atom. The molecule has 11 atom stereocenters. The monoisotopic (exact) mass is 826 g/mol. The fourth-order valence-corrected chi connectivity index (χ4v) is 9.75. The van der Waals surface area contributed by atoms with Gasteiger partial charge >= 0.3 is 0 Å². The van der Waals surface area contributed by atoms with Crippen LogP contribution < -0.4 is 0 Å². The lowest BCUT2D eigenvalue weighted by atomic mass is 9.71. The van der Waals surface area contributed by atoms with Gasteiger partial charge < -0.3 is 29.7 Å². The number of methoxy groups -OCH3 is 2. The van der Waals surface area contributed by atoms with Crippen molar-refractivity contribution in [3.05, 3.63) is 47.6 Å². The van der Waals surface area contributed by atoms with Crippen molar-refractivity contribution in [2.45, 2.75) is 175 Å². The van der Waals surface area contributed by atoms with Crippen LogP contribution in [0.2, 0.25) is 0 Å². The molecule has 1 saturated heterocycles. The molecule has 4 rings (SSSR count). The molecule has 10 heteroatoms. The fourth-order valence-electron chi connectivity index (χ4n) is 9.75. The minimum atomic E-state index is -2.74. The highest BCUT2D eigenvalue weighted by atomic mass is 16.5. The summed E-state index contributed by atoms with van der Waals surface area (Å²) in [5.41, 5.74) is 2.17. The lowest BCUT2D eigenvalue weighted by Crippen LogP contribution is -2.56. The van der Waals surface area contributed by atoms with Gasteiger partial charge in [-0.15, -0.1) is 0 Å². The van der Waals surface area contributed by atoms with Gasteiger partial charge in [-0.25, -0.2) is 0 Å². The summed E-state index contributed by atoms with van der Waals surface area (Å²) in [7, 11) is 3.21. The predicted molar refractivity (Wildman–Crippen MR) is 233 cm³/mol. The molecule has 0 aromatic heterocycles. The Kier molecular flexibility index (Phi) is 21.1. The summed E-state index contributed by atoms with van der Waals surface area (Å²) < 4.78 is 11.3. The number of rotatable bonds is 4. The van der Waals surface area contributed by atoms with Crippen molar-refractivity contribution < 1.29 is 44.0 Å². The molecule has 0 spiro atoms. The number of ketones is 3. The van der Waals surface area contributed by atoms with Gasteiger partial charge in [0.25, 0.3) is 11.7 Å². The first-order valence-electron chi connectivity index (χ1n) is 22.7. The molecule has 1 saturated carbocycles. The zero-order chi connectivity index (χ0) is 43.9. The third-order valence-corrected chi connectivity index (χ3v) is 13.7. The topological polar surface area (TPSA) is 151 Å². The Bertz CT molecular complexity index is 1500. The standard InChI is InChI=1S/C49H79NO9/c1-32-16-12-10-14-18-33(2)26-36(5)46(53)45(59-9)28-34(3)27-35(4)42(51)23-21-40(30-39-20-22-43(52)44(31-39)58-8)41-24-25-50(38(7)29-41)48(55)47(54)49(56,57)37(6)19-15-11-13-17-32/h10,12,14,16,18,27,33,35-41,43-45,52,56-57H,11,13,15,17,19-26,28-31H2,1-9H3/b12-10+,18-14+,32-16+,34-27+/t33-,35-,36?,37-,38?,39?,40+,41?,43-,44?,45?/m1/s1. The number of piperidine rings is 1. The first-order chi connectivity index (χ1) is 27.9. The van der Waals surface area contributed by atoms with Gasteiger partial charge in [0.05, 0.1) is 12.2 Å². The Balaban J connectivity index is 1.84. The molecule has 334 valence electrons. The Labute approximate surface area is 355 Å². The molecule has 4 aliphatic rings. The maximum Gasteiger partial charge on any atom is 0.296 e. The van der Waals surface area contributed by atoms with Crippen molar-refractivity contribution in [3.8, 4) is 0 Å². The van der Waals surface area contributed by atoms with Crippen molar-refractivity contribution in [1.82, 2.24) is 4.90 Å². The molecule has 2 bridgehead atoms. The molecule has 0 radical (unpaired) electrons. The van der Waals surface area contributed by atoms with Crippen molar-refractivity contribution >= 4 is 23.3 Å². The van der Waals surface area contributed by atoms with Crippen LogP contribution in [-0.2, 0) is 28.7 Å². The van der Waals surface area contributed by atoms with Crippen LogP contribution in [0.4, 0.5) is 0 Å². The number of aliphatic hydroxyl groups is 3. The number of hydrogen-bond acceptors (Lipinski definition) is 9. The van der Waals surface area contributed by atoms with Crippen LogP contribution in [0.15, 0.2) is 47.6 Å². The van der Waals surface area contributed by atoms with Gasteiger partial charge in [0.15, 0.2) is 5.78 Å². The van der Waals surface area contributed by atoms with E-state index >= 15 is 0 Å². The van der Waals surface area contributed by atoms with E-state index in [2.05, 4.69) is 26.0 Å². The second-order valence-electron chi connectivity index (χ2n) is 18.7. The molecule has 59 heavy (non-hydrogen) atoms. The number of hydrogen-bond donors (Lipinski definition) is 3. The average molecular weight is 826 g/mol. The maximum atomic E-state index is 13.7. The van der Waals surface area contributed by atoms with Crippen LogP contribution in [0.3, 0.4) is 0 Å². The zero-order valence-electron chi connectivity index (χ0n) is 37.9. The summed E-state index contributed by atoms with van der Waals surface area (Å²) >= 11 is 0. The minimum Gasteiger partial charge on any atom is -0.390 e. The SMILES string of the molecule is COC1C/C(C)=C/[C@@H](C)C(=O)CC[C@@H](CC2CC[C@@H](O)C(OC)C2)C2CCN(C(=O)C(=O)C(O)(O)[C@H](C)CCCCC/C(C)=C/C=C/C=C/[C@@H](C)CC(C)C1=O)C(C)C2. The van der Waals surface area contributed by atoms with E-state index in [0.717, 1.165) is 44.1 Å². The molecule has 0 aromatic rings. The molecule has 0 aromatic carbocycles. The van der Waals surface area contributed by atoms with Crippen molar-refractivity contribution in [2.24, 2.45) is 41.4 Å². The lowest BCUT2D eigenvalue weighted by Gasteiger charge is -2.43. The van der Waals surface area contributed by atoms with E-state index in [1.54, 1.807) is 21.1 Å². The van der Waals surface area contributed by atoms with E-state index < -0.39 is 35.6 Å². The summed E-state index contributed by atoms with van der Waals surface area (Å²) in [4.78, 5) is 55.8. The van der Waals surface area contributed by atoms with Gasteiger partial charge in [0.2, 0.25) is 5.79 Å². The molecule has 6 unspecified atom stereocenters. The number of aliphatic hydroxyl groups excluding tert-OH is 1. The molecule has 3 N–H and O–H groups in total. The van der Waals surface area contributed by atoms with E-state index in [9.17, 15) is 34.5 Å². The first kappa shape index (κ1) is 50.6. The number of amides is 1. The summed E-state index contributed by atoms with van der Waals surface area (Å²) in [6, 6.07) is -0.294. The van der Waals surface area contributed by atoms with Crippen LogP contribution in [-0.4, -0.2) is 94.4 Å². The van der Waals surface area contributed by atoms with Gasteiger partial charge in [-0.3, -0.25) is 19.2 Å². The molecule has 1 amide bonds. The van der Waals surface area contributed by atoms with Crippen LogP contribution in [0.25, 0.3) is 0 Å². The molecule has 10 nitrogen and oxygen atoms in total. The summed E-state index contributed by atoms with van der Waals surface area (Å²) in [5.74, 6) is -4.99. The van der Waals surface area contributed by atoms with E-state index in [0.29, 0.717) is 70.3 Å². The smallest absolute Gasteiger partial charge is 0.296 e. The molecule has 1 aliphatic carbocycles. The molecular formula is C49H79NO9. The van der Waals surface area contributed by atoms with Crippen LogP contribution in [0.5, 0.6) is 0 Å². The number of allylic oxidation sites excluding steroid dienone is 7. The number of fused-ring (bicyclic) bond motifs is 25. The van der Waals surface area contributed by atoms with Crippen molar-refractivity contribution in [2.75, 3.05) is 20.8 Å². The Morgan fingerprint density at radius 3 is 2.20 bits per heavy atom. The largest absolute Gasteiger partial charge is 0.390 e. The number of ether oxygens (including phenoxy) is 2. The van der Waals surface area contributed by atoms with E-state index in [4.69, 9.17) is 9.47 Å². The Morgan fingerprint density at radius 1 is 0.797 bits per heavy atom. The van der Waals surface area contributed by atoms with Gasteiger partial charge in [-0.05, 0) is 115 Å². The van der Waals surface area contributed by atoms with Gasteiger partial charge in [-0.2, -0.15) is 0 Å². The third kappa shape index (κ3) is 15.6. The minimum absolute atomic E-state index is 0.0706. The van der Waals surface area contributed by atoms with Crippen LogP contribution >= 0.6 is 0 Å². The normalized spacial score (nSPS) is 38.0. The van der Waals surface area contributed by atoms with Crippen molar-refractivity contribution in [3.63, 3.8) is 0 Å². The number of nitrogens with zero attached hydrogens (tertiary/aromatic N) is 1. The number of Topliss-reactive ketones (excluding diaryl/α,β-unsaturated/α-hetero) is 3. The summed E-state index contributed by atoms with van der Waals surface area (Å²) in [6.45, 7) is 13.9. The van der Waals surface area contributed by atoms with Crippen LogP contribution in [0, 0.1) is 41.4 Å². The quantitative estimate of drug-likeness (QED) is 0.145. The van der Waals surface area contributed by atoms with E-state index in [1.165, 1.54) is 10.5 Å². The predicted octanol–water partition coefficient (Wildman–Crippen LogP) is 8.27. The fraction of sp³-hybridized carbons (Fsp3) is 0.755. The highest BCUT2D eigenvalue weighted by Gasteiger charge is 2.46. The molecule has 3 aliphatic heterocycles. The number of carbonyl (C=O) groups excluding carboxylic acids is 4. The molecule has 3 heterocycles. The highest BCUT2D eigenvalue weighted by Crippen LogP contribution is 2.40. The first-order valence-corrected chi connectivity index (χ1v) is 22.7. The third-order valence-electron chi connectivity index (χ3n) is 13.7. The van der Waals surface area contributed by atoms with Gasteiger partial charge in [-0.1, -0.05) is 88.1 Å². The van der Waals surface area contributed by atoms with E-state index in [-0.39, 0.29) is 53.3 Å². The highest BCUT2D eigenvalue weighted by molar-refractivity contribution is 6.38. The summed E-state index contributed by atoms with van der Waals surface area (Å²) in [5, 5.41) is 32.5. The zero-order valence-corrected chi connectivity index (χ0v) is 37.9. The van der Waals surface area contributed by atoms with Crippen LogP contribution in [0.1, 0.15) is 145 Å². The Hall–Kier alpha value is -2.76.